The number of rotatable bonds is 4. The van der Waals surface area contributed by atoms with E-state index in [-0.39, 0.29) is 17.9 Å². The summed E-state index contributed by atoms with van der Waals surface area (Å²) in [6.07, 6.45) is -1.47. The van der Waals surface area contributed by atoms with Gasteiger partial charge in [-0.2, -0.15) is 18.4 Å². The number of hydrogen-bond donors (Lipinski definition) is 2. The molecule has 3 heterocycles. The quantitative estimate of drug-likeness (QED) is 0.635. The number of aromatic nitrogens is 3. The van der Waals surface area contributed by atoms with Crippen LogP contribution in [0.1, 0.15) is 25.2 Å². The van der Waals surface area contributed by atoms with Gasteiger partial charge in [0.05, 0.1) is 41.3 Å². The Kier molecular flexibility index (Phi) is 5.57. The Balaban J connectivity index is 1.79. The fraction of sp³-hybridized carbons (Fsp3) is 0.286. The minimum absolute atomic E-state index is 0.143. The Hall–Kier alpha value is -3.72. The van der Waals surface area contributed by atoms with E-state index in [1.807, 2.05) is 0 Å². The first-order valence-corrected chi connectivity index (χ1v) is 9.02. The molecule has 0 unspecified atom stereocenters. The van der Waals surface area contributed by atoms with Crippen LogP contribution < -0.4 is 11.1 Å². The average molecular weight is 412 g/mol. The lowest BCUT2D eigenvalue weighted by molar-refractivity contribution is -0.140. The van der Waals surface area contributed by atoms with E-state index in [1.165, 1.54) is 18.3 Å². The summed E-state index contributed by atoms with van der Waals surface area (Å²) in [5, 5.41) is 12.6. The maximum atomic E-state index is 13.0. The first-order chi connectivity index (χ1) is 14.1. The molecule has 0 bridgehead atoms. The minimum atomic E-state index is -4.42. The zero-order valence-electron chi connectivity index (χ0n) is 16.4. The van der Waals surface area contributed by atoms with Crippen LogP contribution in [0.5, 0.6) is 0 Å². The highest BCUT2D eigenvalue weighted by molar-refractivity contribution is 5.90. The van der Waals surface area contributed by atoms with Crippen LogP contribution in [0.4, 0.5) is 24.5 Å². The van der Waals surface area contributed by atoms with Crippen molar-refractivity contribution in [2.24, 2.45) is 0 Å². The molecule has 0 amide bonds. The topological polar surface area (TPSA) is 92.5 Å². The summed E-state index contributed by atoms with van der Waals surface area (Å²) in [6, 6.07) is 8.74. The smallest absolute Gasteiger partial charge is 0.398 e. The molecular formula is C21H19F3N6. The highest BCUT2D eigenvalue weighted by Crippen LogP contribution is 2.27. The second kappa shape index (κ2) is 7.96. The lowest BCUT2D eigenvalue weighted by Crippen LogP contribution is -2.19. The largest absolute Gasteiger partial charge is 0.406 e. The molecule has 3 aromatic rings. The van der Waals surface area contributed by atoms with Gasteiger partial charge < -0.3 is 15.6 Å². The Morgan fingerprint density at radius 3 is 2.60 bits per heavy atom. The highest BCUT2D eigenvalue weighted by atomic mass is 19.4. The van der Waals surface area contributed by atoms with E-state index in [0.29, 0.717) is 22.5 Å². The van der Waals surface area contributed by atoms with Gasteiger partial charge in [0.2, 0.25) is 0 Å². The van der Waals surface area contributed by atoms with Crippen LogP contribution in [0.2, 0.25) is 0 Å². The second-order valence-corrected chi connectivity index (χ2v) is 7.19. The number of alkyl halides is 3. The number of hydrogen-bond acceptors (Lipinski definition) is 5. The van der Waals surface area contributed by atoms with E-state index in [0.717, 1.165) is 4.57 Å². The van der Waals surface area contributed by atoms with Gasteiger partial charge >= 0.3 is 6.18 Å². The molecule has 30 heavy (non-hydrogen) atoms. The Morgan fingerprint density at radius 2 is 1.97 bits per heavy atom. The zero-order valence-corrected chi connectivity index (χ0v) is 16.4. The molecule has 0 saturated carbocycles. The molecular weight excluding hydrogens is 393 g/mol. The van der Waals surface area contributed by atoms with Gasteiger partial charge in [0, 0.05) is 17.3 Å². The lowest BCUT2D eigenvalue weighted by Gasteiger charge is -2.14. The van der Waals surface area contributed by atoms with Crippen molar-refractivity contribution < 1.29 is 13.2 Å². The average Bonchev–Trinajstić information content (AvgIpc) is 3.03. The summed E-state index contributed by atoms with van der Waals surface area (Å²) in [7, 11) is 0. The number of fused-ring (bicyclic) bond motifs is 1. The first-order valence-electron chi connectivity index (χ1n) is 9.02. The molecule has 0 atom stereocenters. The lowest BCUT2D eigenvalue weighted by atomic mass is 9.91. The summed E-state index contributed by atoms with van der Waals surface area (Å²) in [4.78, 5) is 8.29. The summed E-state index contributed by atoms with van der Waals surface area (Å²) < 4.78 is 40.0. The van der Waals surface area contributed by atoms with Gasteiger partial charge in [0.1, 0.15) is 12.2 Å². The predicted molar refractivity (Wildman–Crippen MR) is 108 cm³/mol. The number of nitrogens with one attached hydrogen (secondary N) is 1. The van der Waals surface area contributed by atoms with E-state index in [1.54, 1.807) is 32.2 Å². The molecule has 0 aromatic carbocycles. The van der Waals surface area contributed by atoms with Gasteiger partial charge in [-0.25, -0.2) is 4.98 Å². The van der Waals surface area contributed by atoms with E-state index < -0.39 is 18.1 Å². The van der Waals surface area contributed by atoms with Crippen molar-refractivity contribution in [2.75, 3.05) is 17.6 Å². The molecule has 0 fully saturated rings. The molecule has 0 aliphatic carbocycles. The van der Waals surface area contributed by atoms with Crippen LogP contribution in [-0.4, -0.2) is 27.3 Å². The number of pyridine rings is 2. The second-order valence-electron chi connectivity index (χ2n) is 7.19. The molecule has 3 aromatic heterocycles. The summed E-state index contributed by atoms with van der Waals surface area (Å²) >= 11 is 0. The highest BCUT2D eigenvalue weighted by Gasteiger charge is 2.30. The normalized spacial score (nSPS) is 11.6. The molecule has 3 N–H and O–H groups in total. The van der Waals surface area contributed by atoms with E-state index in [2.05, 4.69) is 33.2 Å². The van der Waals surface area contributed by atoms with Gasteiger partial charge in [-0.3, -0.25) is 4.98 Å². The van der Waals surface area contributed by atoms with Gasteiger partial charge in [0.15, 0.2) is 0 Å². The minimum Gasteiger partial charge on any atom is -0.398 e. The van der Waals surface area contributed by atoms with Crippen LogP contribution in [-0.2, 0) is 12.0 Å². The van der Waals surface area contributed by atoms with Crippen LogP contribution in [0.3, 0.4) is 0 Å². The van der Waals surface area contributed by atoms with Crippen LogP contribution in [0.25, 0.3) is 11.0 Å². The fourth-order valence-corrected chi connectivity index (χ4v) is 2.82. The van der Waals surface area contributed by atoms with E-state index >= 15 is 0 Å². The van der Waals surface area contributed by atoms with Crippen LogP contribution >= 0.6 is 0 Å². The Labute approximate surface area is 171 Å². The summed E-state index contributed by atoms with van der Waals surface area (Å²) in [5.74, 6) is 5.57. The number of nitrogen functional groups attached to an aromatic ring is 1. The SMILES string of the molecule is CC(C)(C#N)c1ccc(NCC#Cc2cc3c(N)ccnc3n2CC(F)(F)F)cn1. The number of nitrogens with zero attached hydrogens (tertiary/aromatic N) is 4. The van der Waals surface area contributed by atoms with Crippen molar-refractivity contribution in [2.45, 2.75) is 32.0 Å². The van der Waals surface area contributed by atoms with E-state index in [9.17, 15) is 13.2 Å². The Bertz CT molecular complexity index is 1160. The molecule has 9 heteroatoms. The molecule has 154 valence electrons. The predicted octanol–water partition coefficient (Wildman–Crippen LogP) is 3.84. The summed E-state index contributed by atoms with van der Waals surface area (Å²) in [6.45, 7) is 2.54. The maximum Gasteiger partial charge on any atom is 0.406 e. The number of halogens is 3. The number of nitrogens with two attached hydrogens (primary N) is 1. The van der Waals surface area contributed by atoms with Crippen molar-refractivity contribution in [3.63, 3.8) is 0 Å². The van der Waals surface area contributed by atoms with Gasteiger partial charge in [-0.05, 0) is 44.0 Å². The summed E-state index contributed by atoms with van der Waals surface area (Å²) in [5.41, 5.74) is 7.16. The number of nitriles is 1. The molecule has 0 aliphatic heterocycles. The first kappa shape index (κ1) is 21.0. The van der Waals surface area contributed by atoms with Crippen molar-refractivity contribution in [3.05, 3.63) is 48.0 Å². The van der Waals surface area contributed by atoms with Crippen LogP contribution in [0.15, 0.2) is 36.7 Å². The fourth-order valence-electron chi connectivity index (χ4n) is 2.82. The van der Waals surface area contributed by atoms with Crippen LogP contribution in [0, 0.1) is 23.2 Å². The third-order valence-electron chi connectivity index (χ3n) is 4.45. The third-order valence-corrected chi connectivity index (χ3v) is 4.45. The molecule has 0 spiro atoms. The Morgan fingerprint density at radius 1 is 1.20 bits per heavy atom. The monoisotopic (exact) mass is 412 g/mol. The van der Waals surface area contributed by atoms with Crippen molar-refractivity contribution in [1.29, 1.82) is 5.26 Å². The van der Waals surface area contributed by atoms with Gasteiger partial charge in [-0.1, -0.05) is 5.92 Å². The maximum absolute atomic E-state index is 13.0. The van der Waals surface area contributed by atoms with Gasteiger partial charge in [0.25, 0.3) is 0 Å². The molecule has 0 radical (unpaired) electrons. The van der Waals surface area contributed by atoms with Crippen molar-refractivity contribution in [3.8, 4) is 17.9 Å². The third kappa shape index (κ3) is 4.64. The van der Waals surface area contributed by atoms with E-state index in [4.69, 9.17) is 11.0 Å². The van der Waals surface area contributed by atoms with Crippen molar-refractivity contribution in [1.82, 2.24) is 14.5 Å². The molecule has 0 aliphatic rings. The molecule has 6 nitrogen and oxygen atoms in total. The molecule has 0 saturated heterocycles. The van der Waals surface area contributed by atoms with Gasteiger partial charge in [-0.15, -0.1) is 0 Å². The number of anilines is 2. The molecule has 3 rings (SSSR count). The standard InChI is InChI=1S/C21H19F3N6/c1-20(2,12-25)18-6-5-14(11-29-18)27-8-3-4-15-10-16-17(26)7-9-28-19(16)30(15)13-21(22,23)24/h5-7,9-11,27H,8,13H2,1-2H3,(H2,26,28). The zero-order chi connectivity index (χ0) is 21.9. The van der Waals surface area contributed by atoms with Crippen molar-refractivity contribution >= 4 is 22.4 Å².